The number of rotatable bonds is 3. The molecule has 1 aromatic carbocycles. The number of H-pyrrole nitrogens is 1. The molecular formula is C15H15NO8. The van der Waals surface area contributed by atoms with Crippen molar-refractivity contribution in [2.24, 2.45) is 0 Å². The minimum Gasteiger partial charge on any atom is -0.479 e. The Morgan fingerprint density at radius 1 is 1.12 bits per heavy atom. The first-order valence-corrected chi connectivity index (χ1v) is 7.09. The summed E-state index contributed by atoms with van der Waals surface area (Å²) < 4.78 is 10.2. The van der Waals surface area contributed by atoms with E-state index in [1.807, 2.05) is 0 Å². The third kappa shape index (κ3) is 2.74. The van der Waals surface area contributed by atoms with Gasteiger partial charge < -0.3 is 34.9 Å². The third-order valence-corrected chi connectivity index (χ3v) is 3.81. The highest BCUT2D eigenvalue weighted by atomic mass is 16.7. The molecule has 128 valence electrons. The van der Waals surface area contributed by atoms with Crippen molar-refractivity contribution in [1.29, 1.82) is 0 Å². The number of para-hydroxylation sites is 1. The number of carbonyl (C=O) groups is 1. The van der Waals surface area contributed by atoms with Crippen LogP contribution in [0, 0.1) is 0 Å². The summed E-state index contributed by atoms with van der Waals surface area (Å²) in [5, 5.41) is 38.6. The van der Waals surface area contributed by atoms with E-state index in [1.54, 1.807) is 24.3 Å². The molecule has 0 bridgehead atoms. The van der Waals surface area contributed by atoms with Gasteiger partial charge in [-0.2, -0.15) is 0 Å². The molecule has 0 radical (unpaired) electrons. The number of aliphatic hydroxyl groups excluding tert-OH is 3. The molecule has 1 fully saturated rings. The van der Waals surface area contributed by atoms with E-state index in [1.165, 1.54) is 6.20 Å². The van der Waals surface area contributed by atoms with Crippen LogP contribution in [0.15, 0.2) is 35.3 Å². The fourth-order valence-corrected chi connectivity index (χ4v) is 2.51. The van der Waals surface area contributed by atoms with Crippen LogP contribution in [-0.4, -0.2) is 62.1 Å². The molecule has 24 heavy (non-hydrogen) atoms. The summed E-state index contributed by atoms with van der Waals surface area (Å²) in [7, 11) is 0. The van der Waals surface area contributed by atoms with Crippen molar-refractivity contribution in [3.63, 3.8) is 0 Å². The van der Waals surface area contributed by atoms with Gasteiger partial charge >= 0.3 is 5.97 Å². The number of carboxylic acids is 1. The van der Waals surface area contributed by atoms with Crippen molar-refractivity contribution in [3.05, 3.63) is 40.7 Å². The van der Waals surface area contributed by atoms with Crippen LogP contribution >= 0.6 is 0 Å². The minimum atomic E-state index is -1.83. The number of pyridine rings is 1. The van der Waals surface area contributed by atoms with E-state index in [2.05, 4.69) is 4.98 Å². The normalized spacial score (nSPS) is 30.2. The second-order valence-electron chi connectivity index (χ2n) is 5.38. The van der Waals surface area contributed by atoms with Gasteiger partial charge in [-0.15, -0.1) is 0 Å². The van der Waals surface area contributed by atoms with Crippen molar-refractivity contribution >= 4 is 16.9 Å². The van der Waals surface area contributed by atoms with E-state index in [9.17, 15) is 24.9 Å². The molecule has 2 aromatic rings. The summed E-state index contributed by atoms with van der Waals surface area (Å²) in [4.78, 5) is 26.2. The van der Waals surface area contributed by atoms with E-state index >= 15 is 0 Å². The molecule has 9 heteroatoms. The van der Waals surface area contributed by atoms with E-state index < -0.39 is 42.1 Å². The molecule has 9 nitrogen and oxygen atoms in total. The predicted molar refractivity (Wildman–Crippen MR) is 79.5 cm³/mol. The Kier molecular flexibility index (Phi) is 4.24. The molecule has 0 aliphatic carbocycles. The molecule has 1 aliphatic rings. The topological polar surface area (TPSA) is 149 Å². The molecule has 0 saturated carbocycles. The molecule has 5 N–H and O–H groups in total. The smallest absolute Gasteiger partial charge is 0.335 e. The second kappa shape index (κ2) is 6.21. The number of benzene rings is 1. The van der Waals surface area contributed by atoms with Crippen molar-refractivity contribution in [3.8, 4) is 5.75 Å². The lowest BCUT2D eigenvalue weighted by Gasteiger charge is -2.38. The summed E-state index contributed by atoms with van der Waals surface area (Å²) in [5.74, 6) is -1.75. The second-order valence-corrected chi connectivity index (χ2v) is 5.38. The molecule has 0 spiro atoms. The van der Waals surface area contributed by atoms with Crippen LogP contribution in [0.2, 0.25) is 0 Å². The Labute approximate surface area is 134 Å². The van der Waals surface area contributed by atoms with Crippen molar-refractivity contribution in [2.75, 3.05) is 0 Å². The molecule has 0 amide bonds. The van der Waals surface area contributed by atoms with E-state index in [4.69, 9.17) is 14.6 Å². The Bertz CT molecular complexity index is 818. The molecule has 2 heterocycles. The maximum atomic E-state index is 12.4. The van der Waals surface area contributed by atoms with Crippen molar-refractivity contribution in [1.82, 2.24) is 4.98 Å². The van der Waals surface area contributed by atoms with E-state index in [0.29, 0.717) is 10.9 Å². The lowest BCUT2D eigenvalue weighted by atomic mass is 9.99. The van der Waals surface area contributed by atoms with Crippen LogP contribution in [0.25, 0.3) is 10.9 Å². The Morgan fingerprint density at radius 3 is 2.54 bits per heavy atom. The summed E-state index contributed by atoms with van der Waals surface area (Å²) in [6.07, 6.45) is -7.55. The monoisotopic (exact) mass is 337 g/mol. The van der Waals surface area contributed by atoms with Gasteiger partial charge in [-0.1, -0.05) is 12.1 Å². The van der Waals surface area contributed by atoms with Crippen LogP contribution in [0.3, 0.4) is 0 Å². The number of fused-ring (bicyclic) bond motifs is 1. The average Bonchev–Trinajstić information content (AvgIpc) is 2.57. The van der Waals surface area contributed by atoms with Gasteiger partial charge in [0.2, 0.25) is 11.7 Å². The molecule has 5 unspecified atom stereocenters. The first-order chi connectivity index (χ1) is 11.4. The number of aromatic nitrogens is 1. The van der Waals surface area contributed by atoms with Gasteiger partial charge in [-0.3, -0.25) is 4.79 Å². The number of ether oxygens (including phenoxy) is 2. The van der Waals surface area contributed by atoms with Gasteiger partial charge in [0, 0.05) is 17.1 Å². The minimum absolute atomic E-state index is 0.217. The number of nitrogens with one attached hydrogen (secondary N) is 1. The maximum Gasteiger partial charge on any atom is 0.335 e. The van der Waals surface area contributed by atoms with Gasteiger partial charge in [0.15, 0.2) is 11.9 Å². The zero-order chi connectivity index (χ0) is 17.4. The molecule has 1 aliphatic heterocycles. The first-order valence-electron chi connectivity index (χ1n) is 7.09. The van der Waals surface area contributed by atoms with Gasteiger partial charge in [0.05, 0.1) is 0 Å². The zero-order valence-electron chi connectivity index (χ0n) is 12.2. The number of carboxylic acid groups (broad SMARTS) is 1. The maximum absolute atomic E-state index is 12.4. The molecule has 5 atom stereocenters. The highest BCUT2D eigenvalue weighted by Crippen LogP contribution is 2.23. The number of aliphatic carboxylic acids is 1. The standard InChI is InChI=1S/C15H15NO8/c17-9-6-3-1-2-4-7(6)16-5-8(9)23-15-12(20)10(18)11(19)13(24-15)14(21)22/h1-5,10-13,15,18-20H,(H,16,17)(H,21,22). The lowest BCUT2D eigenvalue weighted by Crippen LogP contribution is -2.61. The SMILES string of the molecule is O=C(O)C1OC(Oc2c[nH]c3ccccc3c2=O)C(O)C(O)C1O. The quantitative estimate of drug-likeness (QED) is 0.469. The summed E-state index contributed by atoms with van der Waals surface area (Å²) in [5.41, 5.74) is 0.0754. The Morgan fingerprint density at radius 2 is 1.83 bits per heavy atom. The molecule has 1 saturated heterocycles. The van der Waals surface area contributed by atoms with Crippen LogP contribution in [-0.2, 0) is 9.53 Å². The zero-order valence-corrected chi connectivity index (χ0v) is 12.2. The summed E-state index contributed by atoms with van der Waals surface area (Å²) in [6, 6.07) is 6.65. The third-order valence-electron chi connectivity index (χ3n) is 3.81. The highest BCUT2D eigenvalue weighted by molar-refractivity contribution is 5.79. The number of aromatic amines is 1. The average molecular weight is 337 g/mol. The number of aliphatic hydroxyl groups is 3. The fourth-order valence-electron chi connectivity index (χ4n) is 2.51. The summed E-state index contributed by atoms with van der Waals surface area (Å²) in [6.45, 7) is 0. The van der Waals surface area contributed by atoms with Crippen LogP contribution in [0.5, 0.6) is 5.75 Å². The van der Waals surface area contributed by atoms with Crippen LogP contribution in [0.4, 0.5) is 0 Å². The number of hydrogen-bond acceptors (Lipinski definition) is 7. The lowest BCUT2D eigenvalue weighted by molar-refractivity contribution is -0.271. The molecular weight excluding hydrogens is 322 g/mol. The van der Waals surface area contributed by atoms with Gasteiger partial charge in [0.1, 0.15) is 18.3 Å². The van der Waals surface area contributed by atoms with Gasteiger partial charge in [-0.05, 0) is 12.1 Å². The first kappa shape index (κ1) is 16.4. The van der Waals surface area contributed by atoms with Crippen LogP contribution in [0.1, 0.15) is 0 Å². The highest BCUT2D eigenvalue weighted by Gasteiger charge is 2.48. The molecule has 3 rings (SSSR count). The van der Waals surface area contributed by atoms with Gasteiger partial charge in [0.25, 0.3) is 0 Å². The number of hydrogen-bond donors (Lipinski definition) is 5. The van der Waals surface area contributed by atoms with Crippen molar-refractivity contribution < 1.29 is 34.7 Å². The van der Waals surface area contributed by atoms with Gasteiger partial charge in [-0.25, -0.2) is 4.79 Å². The molecule has 1 aromatic heterocycles. The van der Waals surface area contributed by atoms with Crippen LogP contribution < -0.4 is 10.2 Å². The Hall–Kier alpha value is -2.46. The summed E-state index contributed by atoms with van der Waals surface area (Å²) >= 11 is 0. The van der Waals surface area contributed by atoms with Crippen molar-refractivity contribution in [2.45, 2.75) is 30.7 Å². The van der Waals surface area contributed by atoms with E-state index in [-0.39, 0.29) is 5.75 Å². The Balaban J connectivity index is 1.91. The largest absolute Gasteiger partial charge is 0.479 e. The van der Waals surface area contributed by atoms with E-state index in [0.717, 1.165) is 0 Å². The fraction of sp³-hybridized carbons (Fsp3) is 0.333. The predicted octanol–water partition coefficient (Wildman–Crippen LogP) is -1.20.